The fourth-order valence-corrected chi connectivity index (χ4v) is 3.22. The Kier molecular flexibility index (Phi) is 6.39. The molecule has 1 aliphatic rings. The number of hydrogen-bond donors (Lipinski definition) is 1. The molecule has 0 aliphatic carbocycles. The number of halogens is 3. The minimum Gasteiger partial charge on any atom is -0.332 e. The zero-order valence-corrected chi connectivity index (χ0v) is 14.9. The summed E-state index contributed by atoms with van der Waals surface area (Å²) in [4.78, 5) is 14.5. The maximum Gasteiger partial charge on any atom is 0.252 e. The molecule has 1 heterocycles. The predicted octanol–water partition coefficient (Wildman–Crippen LogP) is 4.30. The summed E-state index contributed by atoms with van der Waals surface area (Å²) >= 11 is 18.4. The lowest BCUT2D eigenvalue weighted by Crippen LogP contribution is -2.55. The van der Waals surface area contributed by atoms with Gasteiger partial charge in [-0.2, -0.15) is 0 Å². The summed E-state index contributed by atoms with van der Waals surface area (Å²) in [6.45, 7) is 3.63. The smallest absolute Gasteiger partial charge is 0.252 e. The summed E-state index contributed by atoms with van der Waals surface area (Å²) in [5.74, 6) is -0.222. The van der Waals surface area contributed by atoms with E-state index in [1.807, 2.05) is 19.1 Å². The van der Waals surface area contributed by atoms with Crippen molar-refractivity contribution in [3.05, 3.63) is 35.4 Å². The first kappa shape index (κ1) is 17.9. The lowest BCUT2D eigenvalue weighted by atomic mass is 10.1. The summed E-state index contributed by atoms with van der Waals surface area (Å²) in [6.07, 6.45) is 3.84. The number of hydrogen-bond acceptors (Lipinski definition) is 2. The number of amides is 1. The van der Waals surface area contributed by atoms with E-state index < -0.39 is 9.96 Å². The standard InChI is InChI=1S/C16H21Cl3N2O/c1-12-6-8-13(9-7-12)14(22)20-15(16(17,18)19)21-10-4-2-3-5-11-21/h6-9,15H,2-5,10-11H2,1H3,(H,20,22). The Balaban J connectivity index is 2.12. The number of nitrogens with one attached hydrogen (secondary N) is 1. The molecule has 0 bridgehead atoms. The van der Waals surface area contributed by atoms with Gasteiger partial charge in [0.25, 0.3) is 5.91 Å². The fraction of sp³-hybridized carbons (Fsp3) is 0.562. The molecule has 0 spiro atoms. The SMILES string of the molecule is Cc1ccc(C(=O)NC(N2CCCCCC2)C(Cl)(Cl)Cl)cc1. The van der Waals surface area contributed by atoms with Crippen molar-refractivity contribution in [1.82, 2.24) is 10.2 Å². The summed E-state index contributed by atoms with van der Waals surface area (Å²) < 4.78 is -1.56. The van der Waals surface area contributed by atoms with Gasteiger partial charge in [-0.15, -0.1) is 0 Å². The van der Waals surface area contributed by atoms with E-state index in [1.165, 1.54) is 12.8 Å². The van der Waals surface area contributed by atoms with Gasteiger partial charge in [0.05, 0.1) is 0 Å². The van der Waals surface area contributed by atoms with E-state index >= 15 is 0 Å². The molecule has 1 atom stereocenters. The maximum atomic E-state index is 12.4. The number of likely N-dealkylation sites (tertiary alicyclic amines) is 1. The van der Waals surface area contributed by atoms with Crippen LogP contribution in [0.5, 0.6) is 0 Å². The van der Waals surface area contributed by atoms with Crippen molar-refractivity contribution in [1.29, 1.82) is 0 Å². The Bertz CT molecular complexity index is 491. The second kappa shape index (κ2) is 7.87. The second-order valence-electron chi connectivity index (χ2n) is 5.73. The molecule has 0 aromatic heterocycles. The van der Waals surface area contributed by atoms with Gasteiger partial charge in [-0.1, -0.05) is 65.3 Å². The normalized spacial score (nSPS) is 18.5. The molecule has 1 amide bonds. The topological polar surface area (TPSA) is 32.3 Å². The van der Waals surface area contributed by atoms with Gasteiger partial charge in [-0.05, 0) is 31.9 Å². The van der Waals surface area contributed by atoms with Gasteiger partial charge in [-0.25, -0.2) is 0 Å². The van der Waals surface area contributed by atoms with E-state index in [1.54, 1.807) is 12.1 Å². The number of benzene rings is 1. The van der Waals surface area contributed by atoms with Crippen molar-refractivity contribution in [2.45, 2.75) is 42.6 Å². The van der Waals surface area contributed by atoms with Gasteiger partial charge in [0.1, 0.15) is 6.17 Å². The predicted molar refractivity (Wildman–Crippen MR) is 92.8 cm³/mol. The Hall–Kier alpha value is -0.480. The lowest BCUT2D eigenvalue weighted by molar-refractivity contribution is 0.0853. The third-order valence-corrected chi connectivity index (χ3v) is 4.52. The minimum atomic E-state index is -1.56. The van der Waals surface area contributed by atoms with Crippen molar-refractivity contribution in [2.75, 3.05) is 13.1 Å². The molecule has 1 aliphatic heterocycles. The summed E-state index contributed by atoms with van der Waals surface area (Å²) in [7, 11) is 0. The molecule has 1 aromatic rings. The number of alkyl halides is 3. The zero-order chi connectivity index (χ0) is 16.2. The molecule has 1 N–H and O–H groups in total. The third-order valence-electron chi connectivity index (χ3n) is 3.90. The molecule has 0 saturated carbocycles. The highest BCUT2D eigenvalue weighted by Gasteiger charge is 2.38. The molecular weight excluding hydrogens is 343 g/mol. The molecule has 1 unspecified atom stereocenters. The van der Waals surface area contributed by atoms with E-state index in [9.17, 15) is 4.79 Å². The highest BCUT2D eigenvalue weighted by atomic mass is 35.6. The van der Waals surface area contributed by atoms with Crippen molar-refractivity contribution >= 4 is 40.7 Å². The Morgan fingerprint density at radius 1 is 1.09 bits per heavy atom. The first-order valence-electron chi connectivity index (χ1n) is 7.56. The van der Waals surface area contributed by atoms with E-state index in [0.717, 1.165) is 31.5 Å². The minimum absolute atomic E-state index is 0.222. The Morgan fingerprint density at radius 2 is 1.64 bits per heavy atom. The van der Waals surface area contributed by atoms with Gasteiger partial charge in [0, 0.05) is 18.7 Å². The molecule has 122 valence electrons. The average Bonchev–Trinajstić information content (AvgIpc) is 2.73. The van der Waals surface area contributed by atoms with Crippen LogP contribution in [-0.2, 0) is 0 Å². The quantitative estimate of drug-likeness (QED) is 0.812. The molecular formula is C16H21Cl3N2O. The lowest BCUT2D eigenvalue weighted by Gasteiger charge is -2.35. The van der Waals surface area contributed by atoms with Crippen LogP contribution >= 0.6 is 34.8 Å². The number of carbonyl (C=O) groups is 1. The van der Waals surface area contributed by atoms with Crippen LogP contribution in [0.25, 0.3) is 0 Å². The summed E-state index contributed by atoms with van der Waals surface area (Å²) in [5, 5.41) is 2.88. The summed E-state index contributed by atoms with van der Waals surface area (Å²) in [5.41, 5.74) is 1.67. The zero-order valence-electron chi connectivity index (χ0n) is 12.6. The highest BCUT2D eigenvalue weighted by Crippen LogP contribution is 2.33. The van der Waals surface area contributed by atoms with E-state index in [2.05, 4.69) is 10.2 Å². The number of rotatable bonds is 3. The van der Waals surface area contributed by atoms with Crippen molar-refractivity contribution in [3.63, 3.8) is 0 Å². The van der Waals surface area contributed by atoms with Crippen LogP contribution in [0.4, 0.5) is 0 Å². The molecule has 1 aromatic carbocycles. The van der Waals surface area contributed by atoms with Crippen LogP contribution in [0.3, 0.4) is 0 Å². The van der Waals surface area contributed by atoms with Crippen LogP contribution in [0.15, 0.2) is 24.3 Å². The van der Waals surface area contributed by atoms with Gasteiger partial charge in [0.2, 0.25) is 3.79 Å². The van der Waals surface area contributed by atoms with Crippen LogP contribution in [0.1, 0.15) is 41.6 Å². The first-order chi connectivity index (χ1) is 10.4. The molecule has 6 heteroatoms. The van der Waals surface area contributed by atoms with Crippen molar-refractivity contribution < 1.29 is 4.79 Å². The number of carbonyl (C=O) groups excluding carboxylic acids is 1. The first-order valence-corrected chi connectivity index (χ1v) is 8.69. The third kappa shape index (κ3) is 5.02. The molecule has 0 radical (unpaired) electrons. The van der Waals surface area contributed by atoms with Gasteiger partial charge in [-0.3, -0.25) is 9.69 Å². The van der Waals surface area contributed by atoms with E-state index in [0.29, 0.717) is 5.56 Å². The monoisotopic (exact) mass is 362 g/mol. The van der Waals surface area contributed by atoms with E-state index in [-0.39, 0.29) is 5.91 Å². The molecule has 1 fully saturated rings. The fourth-order valence-electron chi connectivity index (χ4n) is 2.65. The summed E-state index contributed by atoms with van der Waals surface area (Å²) in [6, 6.07) is 7.35. The van der Waals surface area contributed by atoms with Gasteiger partial charge >= 0.3 is 0 Å². The van der Waals surface area contributed by atoms with Crippen molar-refractivity contribution in [2.24, 2.45) is 0 Å². The second-order valence-corrected chi connectivity index (χ2v) is 8.10. The Labute approximate surface area is 146 Å². The van der Waals surface area contributed by atoms with Crippen LogP contribution in [0, 0.1) is 6.92 Å². The van der Waals surface area contributed by atoms with Crippen LogP contribution < -0.4 is 5.32 Å². The van der Waals surface area contributed by atoms with E-state index in [4.69, 9.17) is 34.8 Å². The molecule has 1 saturated heterocycles. The van der Waals surface area contributed by atoms with Crippen molar-refractivity contribution in [3.8, 4) is 0 Å². The van der Waals surface area contributed by atoms with Crippen LogP contribution in [-0.4, -0.2) is 33.9 Å². The number of aryl methyl sites for hydroxylation is 1. The molecule has 22 heavy (non-hydrogen) atoms. The number of nitrogens with zero attached hydrogens (tertiary/aromatic N) is 1. The molecule has 2 rings (SSSR count). The van der Waals surface area contributed by atoms with Gasteiger partial charge in [0.15, 0.2) is 0 Å². The van der Waals surface area contributed by atoms with Gasteiger partial charge < -0.3 is 5.32 Å². The average molecular weight is 364 g/mol. The Morgan fingerprint density at radius 3 is 2.14 bits per heavy atom. The molecule has 3 nitrogen and oxygen atoms in total. The largest absolute Gasteiger partial charge is 0.332 e. The maximum absolute atomic E-state index is 12.4. The van der Waals surface area contributed by atoms with Crippen LogP contribution in [0.2, 0.25) is 0 Å². The highest BCUT2D eigenvalue weighted by molar-refractivity contribution is 6.68.